The monoisotopic (exact) mass is 385 g/mol. The van der Waals surface area contributed by atoms with Gasteiger partial charge in [0, 0.05) is 12.0 Å². The predicted molar refractivity (Wildman–Crippen MR) is 104 cm³/mol. The van der Waals surface area contributed by atoms with Crippen molar-refractivity contribution >= 4 is 29.3 Å². The summed E-state index contributed by atoms with van der Waals surface area (Å²) in [4.78, 5) is 29.3. The zero-order valence-electron chi connectivity index (χ0n) is 15.0. The number of H-pyrrole nitrogens is 1. The van der Waals surface area contributed by atoms with E-state index in [-0.39, 0.29) is 23.6 Å². The number of anilines is 1. The number of nitrogens with zero attached hydrogens (tertiary/aromatic N) is 2. The van der Waals surface area contributed by atoms with Crippen LogP contribution < -0.4 is 10.6 Å². The van der Waals surface area contributed by atoms with Crippen molar-refractivity contribution in [3.63, 3.8) is 0 Å². The van der Waals surface area contributed by atoms with Crippen molar-refractivity contribution in [2.75, 3.05) is 11.1 Å². The van der Waals surface area contributed by atoms with Crippen LogP contribution in [0.15, 0.2) is 29.4 Å². The number of aromatic amines is 1. The Morgan fingerprint density at radius 1 is 1.15 bits per heavy atom. The van der Waals surface area contributed by atoms with E-state index in [1.807, 2.05) is 6.07 Å². The summed E-state index contributed by atoms with van der Waals surface area (Å²) in [6, 6.07) is 7.35. The number of hydrogen-bond acceptors (Lipinski definition) is 5. The maximum atomic E-state index is 12.6. The lowest BCUT2D eigenvalue weighted by molar-refractivity contribution is -0.113. The van der Waals surface area contributed by atoms with Gasteiger partial charge in [-0.3, -0.25) is 14.7 Å². The van der Waals surface area contributed by atoms with Gasteiger partial charge in [0.1, 0.15) is 5.82 Å². The average Bonchev–Trinajstić information content (AvgIpc) is 3.19. The molecule has 2 aliphatic rings. The second-order valence-electron chi connectivity index (χ2n) is 7.11. The fraction of sp³-hybridized carbons (Fsp3) is 0.474. The Morgan fingerprint density at radius 3 is 2.70 bits per heavy atom. The highest BCUT2D eigenvalue weighted by Gasteiger charge is 2.27. The topological polar surface area (TPSA) is 99.8 Å². The zero-order chi connectivity index (χ0) is 18.6. The molecule has 3 N–H and O–H groups in total. The molecule has 1 heterocycles. The predicted octanol–water partition coefficient (Wildman–Crippen LogP) is 3.09. The second-order valence-corrected chi connectivity index (χ2v) is 8.06. The third kappa shape index (κ3) is 4.68. The highest BCUT2D eigenvalue weighted by Crippen LogP contribution is 2.38. The fourth-order valence-corrected chi connectivity index (χ4v) is 3.91. The molecule has 142 valence electrons. The maximum absolute atomic E-state index is 12.6. The number of thioether (sulfide) groups is 1. The minimum atomic E-state index is -0.182. The molecule has 2 saturated carbocycles. The van der Waals surface area contributed by atoms with E-state index in [1.165, 1.54) is 11.8 Å². The van der Waals surface area contributed by atoms with E-state index in [2.05, 4.69) is 25.8 Å². The van der Waals surface area contributed by atoms with Crippen LogP contribution in [0.5, 0.6) is 0 Å². The molecular formula is C19H23N5O2S. The van der Waals surface area contributed by atoms with Crippen molar-refractivity contribution in [3.8, 4) is 0 Å². The molecule has 0 unspecified atom stereocenters. The van der Waals surface area contributed by atoms with Crippen molar-refractivity contribution in [1.29, 1.82) is 0 Å². The Labute approximate surface area is 162 Å². The summed E-state index contributed by atoms with van der Waals surface area (Å²) >= 11 is 1.29. The van der Waals surface area contributed by atoms with Crippen LogP contribution in [0.2, 0.25) is 0 Å². The van der Waals surface area contributed by atoms with Crippen LogP contribution in [0.4, 0.5) is 5.69 Å². The molecular weight excluding hydrogens is 362 g/mol. The number of carbonyl (C=O) groups is 2. The van der Waals surface area contributed by atoms with Crippen molar-refractivity contribution in [2.45, 2.75) is 55.6 Å². The SMILES string of the molecule is O=C(CSc1n[nH]c(C2CC2)n1)Nc1ccccc1C(=O)NC1CCCC1. The van der Waals surface area contributed by atoms with E-state index in [4.69, 9.17) is 0 Å². The lowest BCUT2D eigenvalue weighted by atomic mass is 10.1. The van der Waals surface area contributed by atoms with Crippen molar-refractivity contribution in [3.05, 3.63) is 35.7 Å². The Hall–Kier alpha value is -2.35. The molecule has 0 saturated heterocycles. The van der Waals surface area contributed by atoms with Gasteiger partial charge in [-0.2, -0.15) is 0 Å². The molecule has 0 radical (unpaired) electrons. The molecule has 1 aromatic heterocycles. The van der Waals surface area contributed by atoms with E-state index < -0.39 is 0 Å². The van der Waals surface area contributed by atoms with Crippen LogP contribution in [-0.2, 0) is 4.79 Å². The standard InChI is InChI=1S/C19H23N5O2S/c25-16(11-27-19-22-17(23-24-19)12-9-10-12)21-15-8-4-3-7-14(15)18(26)20-13-5-1-2-6-13/h3-4,7-8,12-13H,1-2,5-6,9-11H2,(H,20,26)(H,21,25)(H,22,23,24). The molecule has 2 fully saturated rings. The third-order valence-electron chi connectivity index (χ3n) is 4.91. The molecule has 2 aliphatic carbocycles. The van der Waals surface area contributed by atoms with Crippen LogP contribution >= 0.6 is 11.8 Å². The summed E-state index contributed by atoms with van der Waals surface area (Å²) in [7, 11) is 0. The second kappa shape index (κ2) is 8.12. The normalized spacial score (nSPS) is 17.0. The quantitative estimate of drug-likeness (QED) is 0.636. The van der Waals surface area contributed by atoms with Gasteiger partial charge in [0.25, 0.3) is 5.91 Å². The maximum Gasteiger partial charge on any atom is 0.253 e. The molecule has 0 aliphatic heterocycles. The van der Waals surface area contributed by atoms with Gasteiger partial charge in [0.2, 0.25) is 11.1 Å². The summed E-state index contributed by atoms with van der Waals surface area (Å²) < 4.78 is 0. The summed E-state index contributed by atoms with van der Waals surface area (Å²) in [5, 5.41) is 13.6. The van der Waals surface area contributed by atoms with Gasteiger partial charge in [0.15, 0.2) is 0 Å². The number of aromatic nitrogens is 3. The Kier molecular flexibility index (Phi) is 5.42. The largest absolute Gasteiger partial charge is 0.349 e. The Balaban J connectivity index is 1.33. The van der Waals surface area contributed by atoms with Gasteiger partial charge in [0.05, 0.1) is 17.0 Å². The van der Waals surface area contributed by atoms with Gasteiger partial charge in [-0.15, -0.1) is 5.10 Å². The summed E-state index contributed by atoms with van der Waals surface area (Å²) in [6.45, 7) is 0. The van der Waals surface area contributed by atoms with Gasteiger partial charge >= 0.3 is 0 Å². The first-order valence-corrected chi connectivity index (χ1v) is 10.4. The lowest BCUT2D eigenvalue weighted by Crippen LogP contribution is -2.33. The van der Waals surface area contributed by atoms with E-state index in [0.29, 0.717) is 22.3 Å². The summed E-state index contributed by atoms with van der Waals surface area (Å²) in [6.07, 6.45) is 6.67. The molecule has 8 heteroatoms. The first kappa shape index (κ1) is 18.0. The first-order valence-electron chi connectivity index (χ1n) is 9.44. The number of amides is 2. The van der Waals surface area contributed by atoms with E-state index in [9.17, 15) is 9.59 Å². The summed E-state index contributed by atoms with van der Waals surface area (Å²) in [5.41, 5.74) is 1.03. The van der Waals surface area contributed by atoms with Gasteiger partial charge in [-0.05, 0) is 37.8 Å². The minimum Gasteiger partial charge on any atom is -0.349 e. The van der Waals surface area contributed by atoms with Crippen LogP contribution in [0.3, 0.4) is 0 Å². The lowest BCUT2D eigenvalue weighted by Gasteiger charge is -2.14. The molecule has 4 rings (SSSR count). The number of benzene rings is 1. The van der Waals surface area contributed by atoms with E-state index >= 15 is 0 Å². The zero-order valence-corrected chi connectivity index (χ0v) is 15.8. The molecule has 2 amide bonds. The van der Waals surface area contributed by atoms with Crippen LogP contribution in [0.25, 0.3) is 0 Å². The molecule has 0 spiro atoms. The summed E-state index contributed by atoms with van der Waals surface area (Å²) in [5.74, 6) is 1.30. The van der Waals surface area contributed by atoms with Crippen molar-refractivity contribution in [1.82, 2.24) is 20.5 Å². The minimum absolute atomic E-state index is 0.131. The van der Waals surface area contributed by atoms with Gasteiger partial charge in [-0.25, -0.2) is 4.98 Å². The fourth-order valence-electron chi connectivity index (χ4n) is 3.30. The number of para-hydroxylation sites is 1. The molecule has 27 heavy (non-hydrogen) atoms. The molecule has 1 aromatic carbocycles. The molecule has 0 atom stereocenters. The first-order chi connectivity index (χ1) is 13.2. The van der Waals surface area contributed by atoms with Gasteiger partial charge in [-0.1, -0.05) is 36.7 Å². The van der Waals surface area contributed by atoms with E-state index in [1.54, 1.807) is 18.2 Å². The highest BCUT2D eigenvalue weighted by atomic mass is 32.2. The Bertz CT molecular complexity index is 827. The van der Waals surface area contributed by atoms with Crippen molar-refractivity contribution < 1.29 is 9.59 Å². The van der Waals surface area contributed by atoms with E-state index in [0.717, 1.165) is 44.3 Å². The number of carbonyl (C=O) groups excluding carboxylic acids is 2. The van der Waals surface area contributed by atoms with Crippen LogP contribution in [-0.4, -0.2) is 38.8 Å². The number of hydrogen-bond donors (Lipinski definition) is 3. The van der Waals surface area contributed by atoms with Crippen molar-refractivity contribution in [2.24, 2.45) is 0 Å². The number of nitrogens with one attached hydrogen (secondary N) is 3. The average molecular weight is 385 g/mol. The smallest absolute Gasteiger partial charge is 0.253 e. The van der Waals surface area contributed by atoms with Gasteiger partial charge < -0.3 is 10.6 Å². The Morgan fingerprint density at radius 2 is 1.93 bits per heavy atom. The molecule has 7 nitrogen and oxygen atoms in total. The molecule has 2 aromatic rings. The number of rotatable bonds is 7. The van der Waals surface area contributed by atoms with Crippen LogP contribution in [0, 0.1) is 0 Å². The third-order valence-corrected chi connectivity index (χ3v) is 5.76. The highest BCUT2D eigenvalue weighted by molar-refractivity contribution is 7.99. The molecule has 0 bridgehead atoms. The van der Waals surface area contributed by atoms with Crippen LogP contribution in [0.1, 0.15) is 60.6 Å².